The molecule has 1 saturated carbocycles. The molecule has 1 N–H and O–H groups in total. The summed E-state index contributed by atoms with van der Waals surface area (Å²) in [5.74, 6) is -0.933. The van der Waals surface area contributed by atoms with Crippen molar-refractivity contribution in [2.24, 2.45) is 0 Å². The Kier molecular flexibility index (Phi) is 11.7. The van der Waals surface area contributed by atoms with E-state index in [0.717, 1.165) is 41.1 Å². The number of amides is 2. The Balaban J connectivity index is 1.62. The van der Waals surface area contributed by atoms with E-state index >= 15 is 0 Å². The van der Waals surface area contributed by atoms with Gasteiger partial charge in [0.05, 0.1) is 10.6 Å². The van der Waals surface area contributed by atoms with Gasteiger partial charge in [-0.15, -0.1) is 0 Å². The van der Waals surface area contributed by atoms with Crippen LogP contribution in [-0.2, 0) is 32.6 Å². The number of carbonyl (C=O) groups is 2. The van der Waals surface area contributed by atoms with E-state index in [9.17, 15) is 18.0 Å². The maximum atomic E-state index is 14.8. The van der Waals surface area contributed by atoms with Crippen molar-refractivity contribution in [3.8, 4) is 0 Å². The van der Waals surface area contributed by atoms with Crippen LogP contribution in [0.15, 0.2) is 95.9 Å². The number of sulfonamides is 1. The normalized spacial score (nSPS) is 14.0. The highest BCUT2D eigenvalue weighted by Crippen LogP contribution is 2.33. The molecule has 2 amide bonds. The second-order valence-electron chi connectivity index (χ2n) is 12.1. The molecular formula is C37H38Cl3N3O4S. The molecule has 4 aromatic rings. The number of nitrogens with zero attached hydrogens (tertiary/aromatic N) is 2. The minimum absolute atomic E-state index is 0.0100. The van der Waals surface area contributed by atoms with Crippen LogP contribution in [0, 0.1) is 13.8 Å². The molecule has 11 heteroatoms. The molecule has 0 aliphatic heterocycles. The molecule has 1 atom stereocenters. The third kappa shape index (κ3) is 8.35. The molecule has 0 heterocycles. The Labute approximate surface area is 297 Å². The molecule has 1 fully saturated rings. The summed E-state index contributed by atoms with van der Waals surface area (Å²) in [7, 11) is -4.28. The van der Waals surface area contributed by atoms with Gasteiger partial charge in [-0.2, -0.15) is 0 Å². The van der Waals surface area contributed by atoms with Gasteiger partial charge in [0.15, 0.2) is 0 Å². The summed E-state index contributed by atoms with van der Waals surface area (Å²) in [6.45, 7) is 2.83. The zero-order valence-corrected chi connectivity index (χ0v) is 29.9. The minimum Gasteiger partial charge on any atom is -0.352 e. The number of hydrogen-bond donors (Lipinski definition) is 1. The van der Waals surface area contributed by atoms with Crippen molar-refractivity contribution in [2.45, 2.75) is 69.5 Å². The van der Waals surface area contributed by atoms with Gasteiger partial charge in [0.2, 0.25) is 11.8 Å². The molecule has 1 aliphatic carbocycles. The van der Waals surface area contributed by atoms with Crippen LogP contribution in [0.5, 0.6) is 0 Å². The van der Waals surface area contributed by atoms with Crippen LogP contribution in [0.25, 0.3) is 0 Å². The zero-order chi connectivity index (χ0) is 34.4. The summed E-state index contributed by atoms with van der Waals surface area (Å²) in [4.78, 5) is 30.4. The van der Waals surface area contributed by atoms with Crippen LogP contribution >= 0.6 is 34.8 Å². The molecule has 5 rings (SSSR count). The van der Waals surface area contributed by atoms with Gasteiger partial charge in [0, 0.05) is 39.6 Å². The number of hydrogen-bond acceptors (Lipinski definition) is 4. The zero-order valence-electron chi connectivity index (χ0n) is 26.8. The number of anilines is 1. The summed E-state index contributed by atoms with van der Waals surface area (Å²) in [5.41, 5.74) is 2.91. The van der Waals surface area contributed by atoms with Crippen LogP contribution in [-0.4, -0.2) is 43.8 Å². The van der Waals surface area contributed by atoms with E-state index in [-0.39, 0.29) is 35.5 Å². The monoisotopic (exact) mass is 725 g/mol. The van der Waals surface area contributed by atoms with Crippen molar-refractivity contribution in [3.63, 3.8) is 0 Å². The van der Waals surface area contributed by atoms with E-state index in [1.807, 2.05) is 37.3 Å². The Morgan fingerprint density at radius 3 is 2.06 bits per heavy atom. The fourth-order valence-electron chi connectivity index (χ4n) is 5.99. The summed E-state index contributed by atoms with van der Waals surface area (Å²) in [6.07, 6.45) is 3.91. The highest BCUT2D eigenvalue weighted by Gasteiger charge is 2.36. The molecular weight excluding hydrogens is 689 g/mol. The van der Waals surface area contributed by atoms with Gasteiger partial charge in [0.25, 0.3) is 10.0 Å². The van der Waals surface area contributed by atoms with Gasteiger partial charge >= 0.3 is 0 Å². The maximum Gasteiger partial charge on any atom is 0.264 e. The van der Waals surface area contributed by atoms with E-state index in [0.29, 0.717) is 26.2 Å². The topological polar surface area (TPSA) is 86.8 Å². The van der Waals surface area contributed by atoms with E-state index < -0.39 is 28.5 Å². The Morgan fingerprint density at radius 2 is 1.42 bits per heavy atom. The first kappa shape index (κ1) is 35.7. The molecule has 4 aromatic carbocycles. The van der Waals surface area contributed by atoms with Crippen molar-refractivity contribution >= 4 is 62.3 Å². The largest absolute Gasteiger partial charge is 0.352 e. The number of halogens is 3. The van der Waals surface area contributed by atoms with E-state index in [1.54, 1.807) is 55.5 Å². The van der Waals surface area contributed by atoms with Crippen LogP contribution < -0.4 is 9.62 Å². The molecule has 0 bridgehead atoms. The van der Waals surface area contributed by atoms with E-state index in [2.05, 4.69) is 5.32 Å². The fraction of sp³-hybridized carbons (Fsp3) is 0.297. The first-order valence-electron chi connectivity index (χ1n) is 15.9. The molecule has 7 nitrogen and oxygen atoms in total. The van der Waals surface area contributed by atoms with Crippen LogP contribution in [0.3, 0.4) is 0 Å². The second-order valence-corrected chi connectivity index (χ2v) is 15.2. The lowest BCUT2D eigenvalue weighted by atomic mass is 10.0. The molecule has 48 heavy (non-hydrogen) atoms. The lowest BCUT2D eigenvalue weighted by Gasteiger charge is -2.35. The van der Waals surface area contributed by atoms with E-state index in [4.69, 9.17) is 34.8 Å². The molecule has 0 radical (unpaired) electrons. The van der Waals surface area contributed by atoms with Crippen molar-refractivity contribution in [1.82, 2.24) is 10.2 Å². The lowest BCUT2D eigenvalue weighted by Crippen LogP contribution is -2.54. The van der Waals surface area contributed by atoms with Gasteiger partial charge < -0.3 is 10.2 Å². The highest BCUT2D eigenvalue weighted by atomic mass is 35.5. The number of aryl methyl sites for hydroxylation is 1. The van der Waals surface area contributed by atoms with E-state index in [1.165, 1.54) is 17.0 Å². The van der Waals surface area contributed by atoms with Crippen molar-refractivity contribution < 1.29 is 18.0 Å². The maximum absolute atomic E-state index is 14.8. The van der Waals surface area contributed by atoms with Gasteiger partial charge in [-0.1, -0.05) is 108 Å². The van der Waals surface area contributed by atoms with Crippen LogP contribution in [0.1, 0.15) is 47.9 Å². The standard InChI is InChI=1S/C37H38Cl3N3O4S/c1-25-18-20-29(21-19-25)48(46,47)43(34-17-9-14-31(38)26(34)2)24-36(44)42(23-30-32(39)15-8-16-33(30)40)35(22-27-10-4-3-5-11-27)37(45)41-28-12-6-7-13-28/h3-5,8-11,14-21,28,35H,6-7,12-13,22-24H2,1-2H3,(H,41,45)/t35-/m0/s1. The van der Waals surface area contributed by atoms with Crippen molar-refractivity contribution in [1.29, 1.82) is 0 Å². The van der Waals surface area contributed by atoms with Crippen LogP contribution in [0.2, 0.25) is 15.1 Å². The van der Waals surface area contributed by atoms with Crippen LogP contribution in [0.4, 0.5) is 5.69 Å². The summed E-state index contributed by atoms with van der Waals surface area (Å²) >= 11 is 19.7. The minimum atomic E-state index is -4.28. The van der Waals surface area contributed by atoms with Gasteiger partial charge in [-0.25, -0.2) is 8.42 Å². The summed E-state index contributed by atoms with van der Waals surface area (Å²) in [5, 5.41) is 4.16. The highest BCUT2D eigenvalue weighted by molar-refractivity contribution is 7.92. The Morgan fingerprint density at radius 1 is 0.812 bits per heavy atom. The number of carbonyl (C=O) groups excluding carboxylic acids is 2. The fourth-order valence-corrected chi connectivity index (χ4v) is 8.15. The average molecular weight is 727 g/mol. The SMILES string of the molecule is Cc1ccc(S(=O)(=O)N(CC(=O)N(Cc2c(Cl)cccc2Cl)[C@@H](Cc2ccccc2)C(=O)NC2CCCC2)c2cccc(Cl)c2C)cc1. The van der Waals surface area contributed by atoms with Gasteiger partial charge in [-0.05, 0) is 74.2 Å². The third-order valence-electron chi connectivity index (χ3n) is 8.76. The van der Waals surface area contributed by atoms with Crippen molar-refractivity contribution in [2.75, 3.05) is 10.8 Å². The third-order valence-corrected chi connectivity index (χ3v) is 11.7. The predicted molar refractivity (Wildman–Crippen MR) is 193 cm³/mol. The molecule has 0 saturated heterocycles. The molecule has 0 spiro atoms. The van der Waals surface area contributed by atoms with Gasteiger partial charge in [-0.3, -0.25) is 13.9 Å². The predicted octanol–water partition coefficient (Wildman–Crippen LogP) is 8.16. The quantitative estimate of drug-likeness (QED) is 0.160. The summed E-state index contributed by atoms with van der Waals surface area (Å²) in [6, 6.07) is 24.8. The average Bonchev–Trinajstić information content (AvgIpc) is 3.58. The Hall–Kier alpha value is -3.56. The smallest absolute Gasteiger partial charge is 0.264 e. The first-order chi connectivity index (χ1) is 23.0. The van der Waals surface area contributed by atoms with Crippen molar-refractivity contribution in [3.05, 3.63) is 128 Å². The van der Waals surface area contributed by atoms with Gasteiger partial charge in [0.1, 0.15) is 12.6 Å². The number of nitrogens with one attached hydrogen (secondary N) is 1. The Bertz CT molecular complexity index is 1840. The molecule has 0 unspecified atom stereocenters. The second kappa shape index (κ2) is 15.8. The summed E-state index contributed by atoms with van der Waals surface area (Å²) < 4.78 is 29.8. The molecule has 252 valence electrons. The number of benzene rings is 4. The lowest BCUT2D eigenvalue weighted by molar-refractivity contribution is -0.140. The molecule has 1 aliphatic rings. The number of rotatable bonds is 12. The first-order valence-corrected chi connectivity index (χ1v) is 18.4. The molecule has 0 aromatic heterocycles.